The van der Waals surface area contributed by atoms with Gasteiger partial charge in [-0.3, -0.25) is 4.79 Å². The third kappa shape index (κ3) is 7.66. The summed E-state index contributed by atoms with van der Waals surface area (Å²) in [5.74, 6) is -2.00. The Morgan fingerprint density at radius 3 is 2.14 bits per heavy atom. The monoisotopic (exact) mass is 488 g/mol. The predicted molar refractivity (Wildman–Crippen MR) is 123 cm³/mol. The normalized spacial score (nSPS) is 16.4. The fourth-order valence-electron chi connectivity index (χ4n) is 3.28. The third-order valence-corrected chi connectivity index (χ3v) is 5.20. The van der Waals surface area contributed by atoms with Crippen LogP contribution in [0.3, 0.4) is 0 Å². The summed E-state index contributed by atoms with van der Waals surface area (Å²) >= 11 is 0. The summed E-state index contributed by atoms with van der Waals surface area (Å²) in [6.45, 7) is 0.666. The van der Waals surface area contributed by atoms with E-state index in [2.05, 4.69) is 5.32 Å². The molecule has 0 spiro atoms. The van der Waals surface area contributed by atoms with E-state index in [0.29, 0.717) is 12.2 Å². The fraction of sp³-hybridized carbons (Fsp3) is 0.200. The van der Waals surface area contributed by atoms with Gasteiger partial charge in [-0.05, 0) is 72.0 Å². The molecule has 0 aromatic heterocycles. The maximum absolute atomic E-state index is 11.0. The number of nitrogens with one attached hydrogen (secondary N) is 1. The van der Waals surface area contributed by atoms with Crippen molar-refractivity contribution < 1.29 is 37.7 Å². The van der Waals surface area contributed by atoms with Crippen molar-refractivity contribution >= 4 is 23.3 Å². The van der Waals surface area contributed by atoms with Crippen LogP contribution in [0.25, 0.3) is 0 Å². The van der Waals surface area contributed by atoms with Gasteiger partial charge < -0.3 is 26.0 Å². The summed E-state index contributed by atoms with van der Waals surface area (Å²) in [6, 6.07) is 23.3. The molecule has 0 bridgehead atoms. The van der Waals surface area contributed by atoms with Crippen molar-refractivity contribution in [2.75, 3.05) is 11.1 Å². The van der Waals surface area contributed by atoms with E-state index < -0.39 is 18.1 Å². The van der Waals surface area contributed by atoms with E-state index >= 15 is 0 Å². The molecule has 0 amide bonds. The van der Waals surface area contributed by atoms with Gasteiger partial charge in [0.05, 0.1) is 5.92 Å². The average molecular weight is 488 g/mol. The number of rotatable bonds is 7. The summed E-state index contributed by atoms with van der Waals surface area (Å²) in [5.41, 5.74) is 9.60. The van der Waals surface area contributed by atoms with E-state index in [0.717, 1.165) is 34.7 Å². The van der Waals surface area contributed by atoms with Crippen LogP contribution in [0.2, 0.25) is 0 Å². The zero-order valence-corrected chi connectivity index (χ0v) is 18.3. The molecule has 35 heavy (non-hydrogen) atoms. The molecule has 3 aromatic carbocycles. The summed E-state index contributed by atoms with van der Waals surface area (Å²) in [6.07, 6.45) is -4.34. The lowest BCUT2D eigenvalue weighted by Crippen LogP contribution is -2.21. The average Bonchev–Trinajstić information content (AvgIpc) is 3.61. The molecule has 1 fully saturated rings. The minimum Gasteiger partial charge on any atom is -0.481 e. The Kier molecular flexibility index (Phi) is 7.85. The van der Waals surface area contributed by atoms with Crippen molar-refractivity contribution in [2.24, 2.45) is 5.92 Å². The van der Waals surface area contributed by atoms with E-state index in [1.54, 1.807) is 0 Å². The zero-order valence-electron chi connectivity index (χ0n) is 18.3. The van der Waals surface area contributed by atoms with Crippen LogP contribution in [0.1, 0.15) is 23.5 Å². The van der Waals surface area contributed by atoms with E-state index in [-0.39, 0.29) is 11.8 Å². The Balaban J connectivity index is 0.000000429. The van der Waals surface area contributed by atoms with Gasteiger partial charge >= 0.3 is 18.1 Å². The van der Waals surface area contributed by atoms with Crippen molar-refractivity contribution in [3.63, 3.8) is 0 Å². The SMILES string of the molecule is Nc1ccc(Oc2cccc(CNc3ccc([C@H]4C[C@@H]4C(=O)O)cc3)c2)cc1.O=C(O)C(F)(F)F. The second-order valence-corrected chi connectivity index (χ2v) is 7.88. The molecular formula is C25H23F3N2O5. The largest absolute Gasteiger partial charge is 0.490 e. The number of carbonyl (C=O) groups is 2. The Labute approximate surface area is 199 Å². The molecule has 0 unspecified atom stereocenters. The van der Waals surface area contributed by atoms with Gasteiger partial charge in [-0.1, -0.05) is 24.3 Å². The van der Waals surface area contributed by atoms with Crippen LogP contribution < -0.4 is 15.8 Å². The molecule has 1 aliphatic carbocycles. The maximum atomic E-state index is 11.0. The van der Waals surface area contributed by atoms with E-state index in [4.69, 9.17) is 25.5 Å². The third-order valence-electron chi connectivity index (χ3n) is 5.20. The zero-order chi connectivity index (χ0) is 25.6. The van der Waals surface area contributed by atoms with Gasteiger partial charge in [0.2, 0.25) is 0 Å². The fourth-order valence-corrected chi connectivity index (χ4v) is 3.28. The van der Waals surface area contributed by atoms with E-state index in [1.807, 2.05) is 72.8 Å². The van der Waals surface area contributed by atoms with Gasteiger partial charge in [0.25, 0.3) is 0 Å². The molecule has 2 atom stereocenters. The highest BCUT2D eigenvalue weighted by Crippen LogP contribution is 2.47. The van der Waals surface area contributed by atoms with Crippen LogP contribution >= 0.6 is 0 Å². The summed E-state index contributed by atoms with van der Waals surface area (Å²) < 4.78 is 37.6. The number of nitrogens with two attached hydrogens (primary N) is 1. The summed E-state index contributed by atoms with van der Waals surface area (Å²) in [5, 5.41) is 19.6. The first-order valence-electron chi connectivity index (χ1n) is 10.5. The molecule has 5 N–H and O–H groups in total. The van der Waals surface area contributed by atoms with Crippen LogP contribution in [-0.2, 0) is 16.1 Å². The number of benzene rings is 3. The van der Waals surface area contributed by atoms with Gasteiger partial charge in [-0.2, -0.15) is 13.2 Å². The van der Waals surface area contributed by atoms with Crippen molar-refractivity contribution in [3.8, 4) is 11.5 Å². The van der Waals surface area contributed by atoms with Crippen molar-refractivity contribution in [1.82, 2.24) is 0 Å². The second-order valence-electron chi connectivity index (χ2n) is 7.88. The van der Waals surface area contributed by atoms with Crippen molar-refractivity contribution in [1.29, 1.82) is 0 Å². The van der Waals surface area contributed by atoms with Gasteiger partial charge in [0, 0.05) is 17.9 Å². The highest BCUT2D eigenvalue weighted by molar-refractivity contribution is 5.75. The molecule has 0 aliphatic heterocycles. The number of nitrogen functional groups attached to an aromatic ring is 1. The highest BCUT2D eigenvalue weighted by atomic mass is 19.4. The first-order chi connectivity index (χ1) is 16.5. The number of aliphatic carboxylic acids is 2. The number of anilines is 2. The lowest BCUT2D eigenvalue weighted by molar-refractivity contribution is -0.192. The number of halogens is 3. The molecule has 1 saturated carbocycles. The molecule has 1 aliphatic rings. The minimum absolute atomic E-state index is 0.161. The van der Waals surface area contributed by atoms with Crippen molar-refractivity contribution in [2.45, 2.75) is 25.1 Å². The molecule has 0 saturated heterocycles. The minimum atomic E-state index is -5.08. The molecule has 7 nitrogen and oxygen atoms in total. The van der Waals surface area contributed by atoms with Crippen LogP contribution in [0.4, 0.5) is 24.5 Å². The van der Waals surface area contributed by atoms with E-state index in [9.17, 15) is 18.0 Å². The summed E-state index contributed by atoms with van der Waals surface area (Å²) in [7, 11) is 0. The molecule has 4 rings (SSSR count). The predicted octanol–water partition coefficient (Wildman–Crippen LogP) is 5.49. The van der Waals surface area contributed by atoms with Gasteiger partial charge in [-0.15, -0.1) is 0 Å². The molecule has 0 heterocycles. The number of alkyl halides is 3. The first-order valence-corrected chi connectivity index (χ1v) is 10.5. The smallest absolute Gasteiger partial charge is 0.481 e. The van der Waals surface area contributed by atoms with Gasteiger partial charge in [0.15, 0.2) is 0 Å². The number of carboxylic acid groups (broad SMARTS) is 2. The molecular weight excluding hydrogens is 465 g/mol. The van der Waals surface area contributed by atoms with Crippen LogP contribution in [-0.4, -0.2) is 28.3 Å². The Bertz CT molecular complexity index is 1160. The van der Waals surface area contributed by atoms with Crippen LogP contribution in [0.5, 0.6) is 11.5 Å². The number of carboxylic acids is 2. The molecule has 184 valence electrons. The molecule has 10 heteroatoms. The first kappa shape index (κ1) is 25.4. The number of hydrogen-bond donors (Lipinski definition) is 4. The Morgan fingerprint density at radius 1 is 0.971 bits per heavy atom. The van der Waals surface area contributed by atoms with E-state index in [1.165, 1.54) is 0 Å². The van der Waals surface area contributed by atoms with Gasteiger partial charge in [0.1, 0.15) is 11.5 Å². The standard InChI is InChI=1S/C23H22N2O3.C2HF3O2/c24-17-6-10-19(11-7-17)28-20-3-1-2-15(12-20)14-25-18-8-4-16(5-9-18)21-13-22(21)23(26)27;3-2(4,5)1(6)7/h1-12,21-22,25H,13-14,24H2,(H,26,27);(H,6,7)/t21-,22+;/m1./s1. The quantitative estimate of drug-likeness (QED) is 0.324. The molecule has 3 aromatic rings. The lowest BCUT2D eigenvalue weighted by atomic mass is 10.1. The summed E-state index contributed by atoms with van der Waals surface area (Å²) in [4.78, 5) is 19.9. The Hall–Kier alpha value is -4.21. The van der Waals surface area contributed by atoms with Crippen molar-refractivity contribution in [3.05, 3.63) is 83.9 Å². The highest BCUT2D eigenvalue weighted by Gasteiger charge is 2.44. The molecule has 0 radical (unpaired) electrons. The number of ether oxygens (including phenoxy) is 1. The van der Waals surface area contributed by atoms with Gasteiger partial charge in [-0.25, -0.2) is 4.79 Å². The number of hydrogen-bond acceptors (Lipinski definition) is 5. The van der Waals surface area contributed by atoms with Crippen LogP contribution in [0, 0.1) is 5.92 Å². The second kappa shape index (κ2) is 10.8. The van der Waals surface area contributed by atoms with Crippen LogP contribution in [0.15, 0.2) is 72.8 Å². The topological polar surface area (TPSA) is 122 Å². The lowest BCUT2D eigenvalue weighted by Gasteiger charge is -2.10. The Morgan fingerprint density at radius 2 is 1.60 bits per heavy atom. The maximum Gasteiger partial charge on any atom is 0.490 e.